The molecule has 0 aromatic rings. The maximum absolute atomic E-state index is 8.81. The fourth-order valence-corrected chi connectivity index (χ4v) is 3.02. The smallest absolute Gasteiger partial charge is 0.0431 e. The quantitative estimate of drug-likeness (QED) is 0.679. The first-order valence-corrected chi connectivity index (χ1v) is 6.67. The molecule has 1 aliphatic rings. The maximum atomic E-state index is 8.81. The zero-order valence-electron chi connectivity index (χ0n) is 10.9. The van der Waals surface area contributed by atoms with E-state index in [4.69, 9.17) is 10.8 Å². The molecule has 1 fully saturated rings. The van der Waals surface area contributed by atoms with E-state index in [0.717, 1.165) is 31.8 Å². The third kappa shape index (κ3) is 3.44. The summed E-state index contributed by atoms with van der Waals surface area (Å²) >= 11 is 0. The fraction of sp³-hybridized carbons (Fsp3) is 1.00. The van der Waals surface area contributed by atoms with Crippen molar-refractivity contribution in [3.05, 3.63) is 0 Å². The van der Waals surface area contributed by atoms with E-state index in [1.807, 2.05) is 0 Å². The van der Waals surface area contributed by atoms with Crippen molar-refractivity contribution in [2.75, 3.05) is 26.7 Å². The van der Waals surface area contributed by atoms with Crippen LogP contribution in [0, 0.1) is 5.92 Å². The van der Waals surface area contributed by atoms with E-state index in [2.05, 4.69) is 18.9 Å². The minimum atomic E-state index is 0.229. The number of nitrogens with two attached hydrogens (primary N) is 1. The number of nitrogens with zero attached hydrogens (tertiary/aromatic N) is 1. The summed E-state index contributed by atoms with van der Waals surface area (Å²) in [6, 6.07) is 0. The van der Waals surface area contributed by atoms with Gasteiger partial charge in [0.15, 0.2) is 0 Å². The fourth-order valence-electron chi connectivity index (χ4n) is 3.02. The van der Waals surface area contributed by atoms with Gasteiger partial charge in [0.2, 0.25) is 0 Å². The molecule has 0 aliphatic heterocycles. The summed E-state index contributed by atoms with van der Waals surface area (Å²) in [7, 11) is 2.20. The molecule has 3 N–H and O–H groups in total. The minimum Gasteiger partial charge on any atom is -0.396 e. The van der Waals surface area contributed by atoms with Crippen LogP contribution in [0.5, 0.6) is 0 Å². The normalized spacial score (nSPS) is 30.9. The average molecular weight is 228 g/mol. The van der Waals surface area contributed by atoms with Gasteiger partial charge in [-0.05, 0) is 45.2 Å². The Labute approximate surface area is 100 Å². The van der Waals surface area contributed by atoms with Crippen LogP contribution in [0.4, 0.5) is 0 Å². The second-order valence-electron chi connectivity index (χ2n) is 5.48. The van der Waals surface area contributed by atoms with Crippen LogP contribution < -0.4 is 5.73 Å². The van der Waals surface area contributed by atoms with E-state index in [0.29, 0.717) is 6.61 Å². The Morgan fingerprint density at radius 3 is 2.75 bits per heavy atom. The van der Waals surface area contributed by atoms with Gasteiger partial charge >= 0.3 is 0 Å². The largest absolute Gasteiger partial charge is 0.396 e. The van der Waals surface area contributed by atoms with Crippen molar-refractivity contribution in [2.24, 2.45) is 11.7 Å². The maximum Gasteiger partial charge on any atom is 0.0431 e. The first kappa shape index (κ1) is 13.9. The van der Waals surface area contributed by atoms with Crippen molar-refractivity contribution < 1.29 is 5.11 Å². The van der Waals surface area contributed by atoms with E-state index in [1.165, 1.54) is 25.7 Å². The monoisotopic (exact) mass is 228 g/mol. The molecule has 3 nitrogen and oxygen atoms in total. The number of rotatable bonds is 6. The summed E-state index contributed by atoms with van der Waals surface area (Å²) in [6.07, 6.45) is 7.11. The van der Waals surface area contributed by atoms with Crippen molar-refractivity contribution in [3.8, 4) is 0 Å². The second-order valence-corrected chi connectivity index (χ2v) is 5.48. The third-order valence-electron chi connectivity index (χ3n) is 4.16. The predicted octanol–water partition coefficient (Wildman–Crippen LogP) is 1.60. The summed E-state index contributed by atoms with van der Waals surface area (Å²) in [5.41, 5.74) is 6.24. The summed E-state index contributed by atoms with van der Waals surface area (Å²) in [4.78, 5) is 2.44. The molecular weight excluding hydrogens is 200 g/mol. The van der Waals surface area contributed by atoms with Crippen molar-refractivity contribution in [1.82, 2.24) is 4.90 Å². The molecule has 0 amide bonds. The van der Waals surface area contributed by atoms with Crippen LogP contribution in [-0.4, -0.2) is 42.3 Å². The third-order valence-corrected chi connectivity index (χ3v) is 4.16. The lowest BCUT2D eigenvalue weighted by molar-refractivity contribution is 0.0592. The van der Waals surface area contributed by atoms with Gasteiger partial charge in [-0.2, -0.15) is 0 Å². The van der Waals surface area contributed by atoms with Gasteiger partial charge in [0, 0.05) is 18.7 Å². The predicted molar refractivity (Wildman–Crippen MR) is 68.4 cm³/mol. The minimum absolute atomic E-state index is 0.229. The molecule has 3 heteroatoms. The molecule has 0 saturated heterocycles. The van der Waals surface area contributed by atoms with Crippen LogP contribution in [0.25, 0.3) is 0 Å². The molecule has 1 saturated carbocycles. The van der Waals surface area contributed by atoms with Gasteiger partial charge in [-0.3, -0.25) is 4.90 Å². The molecular formula is C13H28N2O. The van der Waals surface area contributed by atoms with Crippen LogP contribution in [0.2, 0.25) is 0 Å². The number of aliphatic hydroxyl groups excluding tert-OH is 1. The number of unbranched alkanes of at least 4 members (excludes halogenated alkanes) is 1. The molecule has 1 aliphatic carbocycles. The Morgan fingerprint density at radius 1 is 1.44 bits per heavy atom. The summed E-state index contributed by atoms with van der Waals surface area (Å²) in [6.45, 7) is 4.47. The highest BCUT2D eigenvalue weighted by Crippen LogP contribution is 2.35. The zero-order valence-corrected chi connectivity index (χ0v) is 10.9. The van der Waals surface area contributed by atoms with Crippen molar-refractivity contribution in [1.29, 1.82) is 0 Å². The van der Waals surface area contributed by atoms with Gasteiger partial charge in [-0.25, -0.2) is 0 Å². The molecule has 96 valence electrons. The molecule has 0 heterocycles. The Morgan fingerprint density at radius 2 is 2.19 bits per heavy atom. The van der Waals surface area contributed by atoms with E-state index in [1.54, 1.807) is 0 Å². The lowest BCUT2D eigenvalue weighted by atomic mass is 9.75. The molecule has 0 radical (unpaired) electrons. The van der Waals surface area contributed by atoms with Crippen LogP contribution in [0.1, 0.15) is 45.4 Å². The standard InChI is InChI=1S/C13H28N2O/c1-12-6-5-7-13(10-12,11-14)15(2)8-3-4-9-16/h12,16H,3-11,14H2,1-2H3. The topological polar surface area (TPSA) is 49.5 Å². The molecule has 2 unspecified atom stereocenters. The van der Waals surface area contributed by atoms with E-state index >= 15 is 0 Å². The second kappa shape index (κ2) is 6.58. The van der Waals surface area contributed by atoms with E-state index in [9.17, 15) is 0 Å². The number of likely N-dealkylation sites (N-methyl/N-ethyl adjacent to an activating group) is 1. The Kier molecular flexibility index (Phi) is 5.73. The molecule has 2 atom stereocenters. The van der Waals surface area contributed by atoms with Crippen molar-refractivity contribution >= 4 is 0 Å². The number of hydrogen-bond donors (Lipinski definition) is 2. The highest BCUT2D eigenvalue weighted by atomic mass is 16.2. The lowest BCUT2D eigenvalue weighted by Gasteiger charge is -2.46. The van der Waals surface area contributed by atoms with Gasteiger partial charge in [0.05, 0.1) is 0 Å². The molecule has 0 aromatic carbocycles. The van der Waals surface area contributed by atoms with E-state index < -0.39 is 0 Å². The van der Waals surface area contributed by atoms with Gasteiger partial charge in [-0.15, -0.1) is 0 Å². The van der Waals surface area contributed by atoms with Gasteiger partial charge in [0.25, 0.3) is 0 Å². The van der Waals surface area contributed by atoms with Crippen molar-refractivity contribution in [2.45, 2.75) is 51.0 Å². The van der Waals surface area contributed by atoms with Crippen LogP contribution in [0.3, 0.4) is 0 Å². The van der Waals surface area contributed by atoms with Crippen LogP contribution in [-0.2, 0) is 0 Å². The molecule has 0 aromatic heterocycles. The van der Waals surface area contributed by atoms with Crippen molar-refractivity contribution in [3.63, 3.8) is 0 Å². The average Bonchev–Trinajstić information content (AvgIpc) is 2.29. The van der Waals surface area contributed by atoms with Crippen LogP contribution in [0.15, 0.2) is 0 Å². The number of aliphatic hydroxyl groups is 1. The highest BCUT2D eigenvalue weighted by Gasteiger charge is 2.36. The molecule has 0 spiro atoms. The summed E-state index contributed by atoms with van der Waals surface area (Å²) in [5.74, 6) is 0.803. The Hall–Kier alpha value is -0.120. The summed E-state index contributed by atoms with van der Waals surface area (Å²) < 4.78 is 0. The van der Waals surface area contributed by atoms with Gasteiger partial charge < -0.3 is 10.8 Å². The number of hydrogen-bond acceptors (Lipinski definition) is 3. The van der Waals surface area contributed by atoms with Crippen LogP contribution >= 0.6 is 0 Å². The Balaban J connectivity index is 2.49. The Bertz CT molecular complexity index is 198. The SMILES string of the molecule is CC1CCCC(CN)(N(C)CCCCO)C1. The molecule has 16 heavy (non-hydrogen) atoms. The zero-order chi connectivity index (χ0) is 12.0. The first-order chi connectivity index (χ1) is 7.64. The molecule has 1 rings (SSSR count). The highest BCUT2D eigenvalue weighted by molar-refractivity contribution is 4.94. The van der Waals surface area contributed by atoms with Gasteiger partial charge in [-0.1, -0.05) is 19.8 Å². The van der Waals surface area contributed by atoms with Gasteiger partial charge in [0.1, 0.15) is 0 Å². The van der Waals surface area contributed by atoms with E-state index in [-0.39, 0.29) is 5.54 Å². The summed E-state index contributed by atoms with van der Waals surface area (Å²) in [5, 5.41) is 8.81. The first-order valence-electron chi connectivity index (χ1n) is 6.67. The molecule has 0 bridgehead atoms. The lowest BCUT2D eigenvalue weighted by Crippen LogP contribution is -2.54.